The summed E-state index contributed by atoms with van der Waals surface area (Å²) in [6.45, 7) is 0.324. The Morgan fingerprint density at radius 2 is 1.89 bits per heavy atom. The van der Waals surface area contributed by atoms with Gasteiger partial charge in [0.05, 0.1) is 5.75 Å². The molecule has 0 amide bonds. The van der Waals surface area contributed by atoms with E-state index >= 15 is 0 Å². The van der Waals surface area contributed by atoms with Crippen LogP contribution in [0.5, 0.6) is 0 Å². The molecule has 1 aromatic carbocycles. The third kappa shape index (κ3) is 6.82. The summed E-state index contributed by atoms with van der Waals surface area (Å²) in [6.07, 6.45) is 1.80. The number of nitrogens with one attached hydrogen (secondary N) is 1. The van der Waals surface area contributed by atoms with Crippen molar-refractivity contribution in [2.45, 2.75) is 19.3 Å². The highest BCUT2D eigenvalue weighted by Crippen LogP contribution is 2.21. The van der Waals surface area contributed by atoms with Gasteiger partial charge in [-0.05, 0) is 37.0 Å². The first-order chi connectivity index (χ1) is 8.94. The molecule has 108 valence electrons. The molecule has 3 nitrogen and oxygen atoms in total. The Bertz CT molecular complexity index is 506. The van der Waals surface area contributed by atoms with Crippen LogP contribution in [0.2, 0.25) is 10.0 Å². The first-order valence-electron chi connectivity index (χ1n) is 5.92. The van der Waals surface area contributed by atoms with Gasteiger partial charge in [-0.15, -0.1) is 11.6 Å². The van der Waals surface area contributed by atoms with Gasteiger partial charge >= 0.3 is 0 Å². The Balaban J connectivity index is 2.41. The van der Waals surface area contributed by atoms with Crippen LogP contribution in [0.1, 0.15) is 18.4 Å². The van der Waals surface area contributed by atoms with Crippen molar-refractivity contribution in [3.63, 3.8) is 0 Å². The average Bonchev–Trinajstić information content (AvgIpc) is 2.32. The number of alkyl halides is 1. The largest absolute Gasteiger partial charge is 0.215 e. The van der Waals surface area contributed by atoms with E-state index < -0.39 is 10.0 Å². The molecule has 0 bridgehead atoms. The maximum atomic E-state index is 11.6. The molecule has 0 aliphatic carbocycles. The molecule has 1 N–H and O–H groups in total. The van der Waals surface area contributed by atoms with E-state index in [0.717, 1.165) is 5.56 Å². The Kier molecular flexibility index (Phi) is 7.47. The summed E-state index contributed by atoms with van der Waals surface area (Å²) >= 11 is 17.3. The first-order valence-corrected chi connectivity index (χ1v) is 8.86. The van der Waals surface area contributed by atoms with Crippen LogP contribution in [-0.4, -0.2) is 26.6 Å². The Hall–Kier alpha value is -0.000000000000000111. The van der Waals surface area contributed by atoms with E-state index in [1.165, 1.54) is 0 Å². The number of sulfonamides is 1. The minimum atomic E-state index is -3.22. The summed E-state index contributed by atoms with van der Waals surface area (Å²) in [6, 6.07) is 5.18. The summed E-state index contributed by atoms with van der Waals surface area (Å²) in [4.78, 5) is 0. The predicted octanol–water partition coefficient (Wildman–Crippen LogP) is 3.47. The fraction of sp³-hybridized carbons (Fsp3) is 0.500. The SMILES string of the molecule is O=S(=O)(CCCCCl)NCCc1ccc(Cl)cc1Cl. The van der Waals surface area contributed by atoms with Crippen LogP contribution in [-0.2, 0) is 16.4 Å². The Morgan fingerprint density at radius 3 is 2.53 bits per heavy atom. The lowest BCUT2D eigenvalue weighted by Gasteiger charge is -2.07. The second kappa shape index (κ2) is 8.32. The van der Waals surface area contributed by atoms with E-state index in [2.05, 4.69) is 4.72 Å². The Labute approximate surface area is 129 Å². The van der Waals surface area contributed by atoms with Crippen LogP contribution in [0.4, 0.5) is 0 Å². The van der Waals surface area contributed by atoms with Gasteiger partial charge in [0.25, 0.3) is 0 Å². The van der Waals surface area contributed by atoms with E-state index in [1.54, 1.807) is 18.2 Å². The summed E-state index contributed by atoms with van der Waals surface area (Å²) in [5.74, 6) is 0.587. The molecule has 0 aliphatic rings. The summed E-state index contributed by atoms with van der Waals surface area (Å²) in [7, 11) is -3.22. The van der Waals surface area contributed by atoms with Crippen molar-refractivity contribution in [2.24, 2.45) is 0 Å². The quantitative estimate of drug-likeness (QED) is 0.580. The van der Waals surface area contributed by atoms with Gasteiger partial charge in [0.15, 0.2) is 0 Å². The van der Waals surface area contributed by atoms with Gasteiger partial charge in [0.2, 0.25) is 10.0 Å². The number of halogens is 3. The van der Waals surface area contributed by atoms with Gasteiger partial charge in [-0.1, -0.05) is 29.3 Å². The molecule has 0 saturated carbocycles. The molecular formula is C12H16Cl3NO2S. The van der Waals surface area contributed by atoms with E-state index in [-0.39, 0.29) is 5.75 Å². The zero-order valence-corrected chi connectivity index (χ0v) is 13.4. The lowest BCUT2D eigenvalue weighted by atomic mass is 10.1. The summed E-state index contributed by atoms with van der Waals surface area (Å²) in [5, 5.41) is 1.12. The first kappa shape index (κ1) is 17.1. The third-order valence-corrected chi connectivity index (χ3v) is 4.85. The highest BCUT2D eigenvalue weighted by atomic mass is 35.5. The molecule has 0 spiro atoms. The number of hydrogen-bond donors (Lipinski definition) is 1. The van der Waals surface area contributed by atoms with Gasteiger partial charge in [0.1, 0.15) is 0 Å². The van der Waals surface area contributed by atoms with Crippen molar-refractivity contribution < 1.29 is 8.42 Å². The number of benzene rings is 1. The second-order valence-electron chi connectivity index (χ2n) is 4.10. The molecule has 0 aliphatic heterocycles. The van der Waals surface area contributed by atoms with Gasteiger partial charge < -0.3 is 0 Å². The second-order valence-corrected chi connectivity index (χ2v) is 7.24. The maximum absolute atomic E-state index is 11.6. The van der Waals surface area contributed by atoms with Crippen molar-refractivity contribution in [1.29, 1.82) is 0 Å². The normalized spacial score (nSPS) is 11.7. The van der Waals surface area contributed by atoms with Crippen molar-refractivity contribution in [3.05, 3.63) is 33.8 Å². The van der Waals surface area contributed by atoms with Crippen molar-refractivity contribution in [2.75, 3.05) is 18.2 Å². The fourth-order valence-corrected chi connectivity index (χ4v) is 3.36. The standard InChI is InChI=1S/C12H16Cl3NO2S/c13-6-1-2-8-19(17,18)16-7-5-10-3-4-11(14)9-12(10)15/h3-4,9,16H,1-2,5-8H2. The molecule has 0 unspecified atom stereocenters. The Morgan fingerprint density at radius 1 is 1.16 bits per heavy atom. The van der Waals surface area contributed by atoms with Crippen LogP contribution in [0.15, 0.2) is 18.2 Å². The molecule has 1 rings (SSSR count). The van der Waals surface area contributed by atoms with Gasteiger partial charge in [-0.3, -0.25) is 0 Å². The molecule has 7 heteroatoms. The summed E-state index contributed by atoms with van der Waals surface area (Å²) < 4.78 is 25.8. The monoisotopic (exact) mass is 343 g/mol. The van der Waals surface area contributed by atoms with Gasteiger partial charge in [-0.2, -0.15) is 0 Å². The third-order valence-electron chi connectivity index (χ3n) is 2.53. The molecule has 0 fully saturated rings. The maximum Gasteiger partial charge on any atom is 0.211 e. The van der Waals surface area contributed by atoms with E-state index in [9.17, 15) is 8.42 Å². The molecule has 19 heavy (non-hydrogen) atoms. The van der Waals surface area contributed by atoms with Crippen LogP contribution in [0.3, 0.4) is 0 Å². The van der Waals surface area contributed by atoms with Crippen LogP contribution in [0.25, 0.3) is 0 Å². The molecule has 0 saturated heterocycles. The fourth-order valence-electron chi connectivity index (χ4n) is 1.52. The summed E-state index contributed by atoms with van der Waals surface area (Å²) in [5.41, 5.74) is 0.870. The molecule has 0 heterocycles. The highest BCUT2D eigenvalue weighted by molar-refractivity contribution is 7.89. The van der Waals surface area contributed by atoms with Crippen molar-refractivity contribution >= 4 is 44.8 Å². The minimum absolute atomic E-state index is 0.105. The topological polar surface area (TPSA) is 46.2 Å². The van der Waals surface area contributed by atoms with Crippen molar-refractivity contribution in [1.82, 2.24) is 4.72 Å². The zero-order valence-electron chi connectivity index (χ0n) is 10.3. The molecular weight excluding hydrogens is 329 g/mol. The van der Waals surface area contributed by atoms with Gasteiger partial charge in [0, 0.05) is 22.5 Å². The number of rotatable bonds is 8. The molecule has 0 radical (unpaired) electrons. The zero-order chi connectivity index (χ0) is 14.3. The van der Waals surface area contributed by atoms with Crippen LogP contribution >= 0.6 is 34.8 Å². The van der Waals surface area contributed by atoms with E-state index in [1.807, 2.05) is 0 Å². The number of unbranched alkanes of at least 4 members (excludes halogenated alkanes) is 1. The average molecular weight is 345 g/mol. The lowest BCUT2D eigenvalue weighted by Crippen LogP contribution is -2.28. The van der Waals surface area contributed by atoms with E-state index in [4.69, 9.17) is 34.8 Å². The molecule has 0 atom stereocenters. The van der Waals surface area contributed by atoms with Gasteiger partial charge in [-0.25, -0.2) is 13.1 Å². The smallest absolute Gasteiger partial charge is 0.211 e. The molecule has 1 aromatic rings. The molecule has 0 aromatic heterocycles. The van der Waals surface area contributed by atoms with Crippen molar-refractivity contribution in [3.8, 4) is 0 Å². The van der Waals surface area contributed by atoms with E-state index in [0.29, 0.717) is 41.7 Å². The lowest BCUT2D eigenvalue weighted by molar-refractivity contribution is 0.578. The van der Waals surface area contributed by atoms with Crippen LogP contribution < -0.4 is 4.72 Å². The number of hydrogen-bond acceptors (Lipinski definition) is 2. The minimum Gasteiger partial charge on any atom is -0.215 e. The highest BCUT2D eigenvalue weighted by Gasteiger charge is 2.09. The predicted molar refractivity (Wildman–Crippen MR) is 81.9 cm³/mol. The van der Waals surface area contributed by atoms with Crippen LogP contribution in [0, 0.1) is 0 Å².